The normalized spacial score (nSPS) is 12.8. The van der Waals surface area contributed by atoms with Gasteiger partial charge in [-0.2, -0.15) is 0 Å². The van der Waals surface area contributed by atoms with E-state index in [0.717, 1.165) is 11.3 Å². The first kappa shape index (κ1) is 20.4. The highest BCUT2D eigenvalue weighted by Crippen LogP contribution is 2.36. The largest absolute Gasteiger partial charge is 0.454 e. The van der Waals surface area contributed by atoms with Crippen LogP contribution in [0.3, 0.4) is 0 Å². The molecule has 0 saturated carbocycles. The molecule has 156 valence electrons. The van der Waals surface area contributed by atoms with Crippen molar-refractivity contribution in [1.29, 1.82) is 0 Å². The lowest BCUT2D eigenvalue weighted by molar-refractivity contribution is 0.0817. The second-order valence-electron chi connectivity index (χ2n) is 6.31. The molecule has 0 saturated heterocycles. The number of nitrogens with one attached hydrogen (secondary N) is 1. The Morgan fingerprint density at radius 1 is 1.17 bits per heavy atom. The van der Waals surface area contributed by atoms with Gasteiger partial charge < -0.3 is 14.0 Å². The Morgan fingerprint density at radius 2 is 1.87 bits per heavy atom. The van der Waals surface area contributed by atoms with E-state index in [4.69, 9.17) is 25.6 Å². The van der Waals surface area contributed by atoms with Gasteiger partial charge in [-0.05, 0) is 43.0 Å². The molecule has 1 aromatic carbocycles. The van der Waals surface area contributed by atoms with E-state index in [-0.39, 0.29) is 33.0 Å². The maximum absolute atomic E-state index is 12.9. The predicted octanol–water partition coefficient (Wildman–Crippen LogP) is 3.60. The number of benzene rings is 1. The lowest BCUT2D eigenvalue weighted by Gasteiger charge is -2.08. The minimum atomic E-state index is -4.27. The van der Waals surface area contributed by atoms with Gasteiger partial charge >= 0.3 is 0 Å². The molecule has 1 aliphatic heterocycles. The van der Waals surface area contributed by atoms with E-state index < -0.39 is 21.6 Å². The van der Waals surface area contributed by atoms with Crippen molar-refractivity contribution in [1.82, 2.24) is 5.16 Å². The van der Waals surface area contributed by atoms with Crippen molar-refractivity contribution < 1.29 is 32.0 Å². The Kier molecular flexibility index (Phi) is 5.04. The number of aryl methyl sites for hydroxylation is 2. The lowest BCUT2D eigenvalue weighted by atomic mass is 10.0. The van der Waals surface area contributed by atoms with E-state index in [1.807, 2.05) is 0 Å². The number of ketones is 2. The molecule has 4 rings (SSSR count). The van der Waals surface area contributed by atoms with Crippen molar-refractivity contribution >= 4 is 50.4 Å². The molecule has 3 aromatic rings. The van der Waals surface area contributed by atoms with Gasteiger partial charge in [0.05, 0.1) is 4.88 Å². The SMILES string of the molecule is Cc1cc2c(cc1C(=O)C(=O)c1sccc1S(=O)(=O)Nc1onc(C)c1Cl)OCO2. The summed E-state index contributed by atoms with van der Waals surface area (Å²) >= 11 is 6.78. The zero-order valence-electron chi connectivity index (χ0n) is 15.5. The molecule has 0 aliphatic carbocycles. The van der Waals surface area contributed by atoms with Gasteiger partial charge in [0.25, 0.3) is 15.9 Å². The molecule has 12 heteroatoms. The Morgan fingerprint density at radius 3 is 2.53 bits per heavy atom. The third-order valence-electron chi connectivity index (χ3n) is 4.31. The van der Waals surface area contributed by atoms with Crippen molar-refractivity contribution in [2.75, 3.05) is 11.5 Å². The Balaban J connectivity index is 1.66. The third kappa shape index (κ3) is 3.44. The number of anilines is 1. The molecule has 1 N–H and O–H groups in total. The Labute approximate surface area is 179 Å². The number of ether oxygens (including phenoxy) is 2. The molecule has 0 atom stereocenters. The average molecular weight is 469 g/mol. The number of halogens is 1. The monoisotopic (exact) mass is 468 g/mol. The summed E-state index contributed by atoms with van der Waals surface area (Å²) in [7, 11) is -4.27. The molecule has 0 amide bonds. The minimum Gasteiger partial charge on any atom is -0.454 e. The van der Waals surface area contributed by atoms with Crippen LogP contribution in [0.25, 0.3) is 0 Å². The number of nitrogens with zero attached hydrogens (tertiary/aromatic N) is 1. The van der Waals surface area contributed by atoms with E-state index in [1.54, 1.807) is 13.0 Å². The number of thiophene rings is 1. The summed E-state index contributed by atoms with van der Waals surface area (Å²) in [5.41, 5.74) is 0.896. The highest BCUT2D eigenvalue weighted by Gasteiger charge is 2.31. The summed E-state index contributed by atoms with van der Waals surface area (Å²) in [6, 6.07) is 4.22. The van der Waals surface area contributed by atoms with Gasteiger partial charge in [0.1, 0.15) is 15.6 Å². The highest BCUT2D eigenvalue weighted by atomic mass is 35.5. The molecular weight excluding hydrogens is 456 g/mol. The van der Waals surface area contributed by atoms with Gasteiger partial charge in [0.2, 0.25) is 18.4 Å². The van der Waals surface area contributed by atoms with Gasteiger partial charge in [-0.25, -0.2) is 13.1 Å². The van der Waals surface area contributed by atoms with Crippen LogP contribution in [0.2, 0.25) is 5.02 Å². The first-order chi connectivity index (χ1) is 14.2. The van der Waals surface area contributed by atoms with Crippen LogP contribution in [0.15, 0.2) is 33.0 Å². The summed E-state index contributed by atoms with van der Waals surface area (Å²) in [4.78, 5) is 25.1. The van der Waals surface area contributed by atoms with Crippen LogP contribution < -0.4 is 14.2 Å². The fourth-order valence-electron chi connectivity index (χ4n) is 2.79. The van der Waals surface area contributed by atoms with Crippen molar-refractivity contribution in [3.8, 4) is 11.5 Å². The molecule has 0 spiro atoms. The first-order valence-corrected chi connectivity index (χ1v) is 11.1. The Hall–Kier alpha value is -2.89. The first-order valence-electron chi connectivity index (χ1n) is 8.40. The number of fused-ring (bicyclic) bond motifs is 1. The molecular formula is C18H13ClN2O7S2. The number of sulfonamides is 1. The molecule has 1 aliphatic rings. The molecule has 0 fully saturated rings. The van der Waals surface area contributed by atoms with Crippen LogP contribution in [0.5, 0.6) is 11.5 Å². The summed E-state index contributed by atoms with van der Waals surface area (Å²) in [6.07, 6.45) is 0. The second-order valence-corrected chi connectivity index (χ2v) is 9.25. The van der Waals surface area contributed by atoms with Crippen LogP contribution in [0, 0.1) is 13.8 Å². The zero-order chi connectivity index (χ0) is 21.6. The molecule has 3 heterocycles. The summed E-state index contributed by atoms with van der Waals surface area (Å²) in [5.74, 6) is -1.30. The van der Waals surface area contributed by atoms with Crippen LogP contribution in [0.4, 0.5) is 5.88 Å². The quantitative estimate of drug-likeness (QED) is 0.429. The zero-order valence-corrected chi connectivity index (χ0v) is 17.9. The molecule has 0 radical (unpaired) electrons. The summed E-state index contributed by atoms with van der Waals surface area (Å²) < 4.78 is 43.1. The number of hydrogen-bond donors (Lipinski definition) is 1. The van der Waals surface area contributed by atoms with Crippen LogP contribution in [0.1, 0.15) is 31.3 Å². The number of carbonyl (C=O) groups excluding carboxylic acids is 2. The van der Waals surface area contributed by atoms with Crippen LogP contribution >= 0.6 is 22.9 Å². The standard InChI is InChI=1S/C18H13ClN2O7S2/c1-8-5-11-12(27-7-26-11)6-10(8)15(22)16(23)17-13(3-4-29-17)30(24,25)21-18-14(19)9(2)20-28-18/h3-6,21H,7H2,1-2H3. The number of rotatable bonds is 6. The van der Waals surface area contributed by atoms with E-state index in [2.05, 4.69) is 9.88 Å². The fraction of sp³-hybridized carbons (Fsp3) is 0.167. The minimum absolute atomic E-state index is 0.00579. The molecule has 2 aromatic heterocycles. The van der Waals surface area contributed by atoms with Crippen LogP contribution in [-0.2, 0) is 10.0 Å². The number of hydrogen-bond acceptors (Lipinski definition) is 9. The predicted molar refractivity (Wildman–Crippen MR) is 107 cm³/mol. The van der Waals surface area contributed by atoms with Crippen molar-refractivity contribution in [2.24, 2.45) is 0 Å². The molecule has 0 bridgehead atoms. The smallest absolute Gasteiger partial charge is 0.265 e. The van der Waals surface area contributed by atoms with E-state index >= 15 is 0 Å². The van der Waals surface area contributed by atoms with Crippen molar-refractivity contribution in [3.63, 3.8) is 0 Å². The van der Waals surface area contributed by atoms with Gasteiger partial charge in [-0.15, -0.1) is 11.3 Å². The Bertz CT molecular complexity index is 1290. The summed E-state index contributed by atoms with van der Waals surface area (Å²) in [5, 5.41) is 4.96. The molecule has 0 unspecified atom stereocenters. The van der Waals surface area contributed by atoms with Gasteiger partial charge in [0.15, 0.2) is 11.5 Å². The maximum atomic E-state index is 12.9. The maximum Gasteiger partial charge on any atom is 0.265 e. The number of aromatic nitrogens is 1. The average Bonchev–Trinajstić information content (AvgIpc) is 3.43. The van der Waals surface area contributed by atoms with E-state index in [1.165, 1.54) is 24.4 Å². The van der Waals surface area contributed by atoms with Crippen molar-refractivity contribution in [3.05, 3.63) is 50.3 Å². The number of carbonyl (C=O) groups is 2. The third-order valence-corrected chi connectivity index (χ3v) is 7.17. The van der Waals surface area contributed by atoms with E-state index in [0.29, 0.717) is 22.8 Å². The lowest BCUT2D eigenvalue weighted by Crippen LogP contribution is -2.20. The van der Waals surface area contributed by atoms with E-state index in [9.17, 15) is 18.0 Å². The molecule has 30 heavy (non-hydrogen) atoms. The van der Waals surface area contributed by atoms with Gasteiger partial charge in [0, 0.05) is 5.56 Å². The highest BCUT2D eigenvalue weighted by molar-refractivity contribution is 7.93. The topological polar surface area (TPSA) is 125 Å². The molecule has 9 nitrogen and oxygen atoms in total. The fourth-order valence-corrected chi connectivity index (χ4v) is 5.32. The second kappa shape index (κ2) is 7.42. The van der Waals surface area contributed by atoms with Crippen LogP contribution in [-0.4, -0.2) is 31.9 Å². The summed E-state index contributed by atoms with van der Waals surface area (Å²) in [6.45, 7) is 3.20. The van der Waals surface area contributed by atoms with Gasteiger partial charge in [-0.3, -0.25) is 9.59 Å². The number of Topliss-reactive ketones (excluding diaryl/α,β-unsaturated/α-hetero) is 2. The van der Waals surface area contributed by atoms with Crippen molar-refractivity contribution in [2.45, 2.75) is 18.7 Å². The van der Waals surface area contributed by atoms with Gasteiger partial charge in [-0.1, -0.05) is 16.8 Å².